The maximum atomic E-state index is 12.3. The van der Waals surface area contributed by atoms with Crippen LogP contribution in [-0.4, -0.2) is 35.9 Å². The van der Waals surface area contributed by atoms with Crippen LogP contribution in [0.25, 0.3) is 10.2 Å². The lowest BCUT2D eigenvalue weighted by Crippen LogP contribution is -2.27. The lowest BCUT2D eigenvalue weighted by atomic mass is 10.3. The van der Waals surface area contributed by atoms with Crippen LogP contribution < -0.4 is 10.9 Å². The van der Waals surface area contributed by atoms with E-state index < -0.39 is 0 Å². The summed E-state index contributed by atoms with van der Waals surface area (Å²) in [5.74, 6) is 0. The fraction of sp³-hybridized carbons (Fsp3) is 0.600. The molecule has 6 heteroatoms. The molecule has 2 aromatic heterocycles. The molecule has 116 valence electrons. The van der Waals surface area contributed by atoms with E-state index in [1.165, 1.54) is 11.3 Å². The Labute approximate surface area is 129 Å². The molecule has 0 aromatic carbocycles. The molecule has 0 spiro atoms. The van der Waals surface area contributed by atoms with Crippen LogP contribution in [0.15, 0.2) is 16.5 Å². The molecule has 2 rings (SSSR count). The molecule has 0 saturated heterocycles. The molecule has 1 N–H and O–H groups in total. The summed E-state index contributed by atoms with van der Waals surface area (Å²) < 4.78 is 7.73. The van der Waals surface area contributed by atoms with Gasteiger partial charge in [0.1, 0.15) is 4.70 Å². The summed E-state index contributed by atoms with van der Waals surface area (Å²) in [5, 5.41) is 5.34. The topological polar surface area (TPSA) is 56.1 Å². The third-order valence-electron chi connectivity index (χ3n) is 3.35. The van der Waals surface area contributed by atoms with E-state index >= 15 is 0 Å². The van der Waals surface area contributed by atoms with Crippen LogP contribution in [0.3, 0.4) is 0 Å². The van der Waals surface area contributed by atoms with Gasteiger partial charge in [-0.3, -0.25) is 9.36 Å². The molecule has 0 bridgehead atoms. The zero-order valence-electron chi connectivity index (χ0n) is 12.7. The molecule has 0 amide bonds. The molecular formula is C15H23N3O2S. The predicted molar refractivity (Wildman–Crippen MR) is 87.2 cm³/mol. The van der Waals surface area contributed by atoms with Crippen molar-refractivity contribution in [2.75, 3.05) is 26.3 Å². The number of nitrogens with one attached hydrogen (secondary N) is 1. The number of thiophene rings is 1. The third kappa shape index (κ3) is 4.36. The number of aryl methyl sites for hydroxylation is 1. The first-order valence-electron chi connectivity index (χ1n) is 7.45. The Bertz CT molecular complexity index is 621. The van der Waals surface area contributed by atoms with Crippen molar-refractivity contribution >= 4 is 21.6 Å². The highest BCUT2D eigenvalue weighted by Gasteiger charge is 2.07. The number of nitrogens with zero attached hydrogens (tertiary/aromatic N) is 2. The molecule has 0 unspecified atom stereocenters. The van der Waals surface area contributed by atoms with E-state index in [2.05, 4.69) is 10.3 Å². The van der Waals surface area contributed by atoms with Gasteiger partial charge in [-0.05, 0) is 44.2 Å². The van der Waals surface area contributed by atoms with Gasteiger partial charge in [0, 0.05) is 26.3 Å². The fourth-order valence-corrected chi connectivity index (χ4v) is 3.09. The summed E-state index contributed by atoms with van der Waals surface area (Å²) in [6.45, 7) is 8.01. The van der Waals surface area contributed by atoms with Crippen LogP contribution in [0.4, 0.5) is 0 Å². The molecule has 0 aliphatic rings. The molecule has 0 aliphatic carbocycles. The number of fused-ring (bicyclic) bond motifs is 1. The number of aromatic nitrogens is 2. The molecule has 0 aliphatic heterocycles. The summed E-state index contributed by atoms with van der Waals surface area (Å²) in [5.41, 5.74) is 1.98. The average Bonchev–Trinajstić information content (AvgIpc) is 2.86. The number of unbranched alkanes of at least 4 members (excludes halogenated alkanes) is 1. The SMILES string of the molecule is CCOCCCCNCCn1cnc2c(C)csc2c1=O. The summed E-state index contributed by atoms with van der Waals surface area (Å²) >= 11 is 1.48. The van der Waals surface area contributed by atoms with Gasteiger partial charge < -0.3 is 10.1 Å². The second-order valence-corrected chi connectivity index (χ2v) is 5.87. The van der Waals surface area contributed by atoms with E-state index in [1.807, 2.05) is 19.2 Å². The molecule has 0 radical (unpaired) electrons. The first kappa shape index (κ1) is 16.1. The zero-order chi connectivity index (χ0) is 15.1. The predicted octanol–water partition coefficient (Wildman–Crippen LogP) is 2.17. The van der Waals surface area contributed by atoms with E-state index in [-0.39, 0.29) is 5.56 Å². The van der Waals surface area contributed by atoms with Crippen LogP contribution in [0.2, 0.25) is 0 Å². The van der Waals surface area contributed by atoms with Crippen molar-refractivity contribution in [1.29, 1.82) is 0 Å². The van der Waals surface area contributed by atoms with E-state index in [9.17, 15) is 4.79 Å². The van der Waals surface area contributed by atoms with E-state index in [4.69, 9.17) is 4.74 Å². The van der Waals surface area contributed by atoms with Gasteiger partial charge in [0.25, 0.3) is 5.56 Å². The lowest BCUT2D eigenvalue weighted by molar-refractivity contribution is 0.143. The summed E-state index contributed by atoms with van der Waals surface area (Å²) in [6.07, 6.45) is 3.82. The smallest absolute Gasteiger partial charge is 0.271 e. The van der Waals surface area contributed by atoms with Crippen molar-refractivity contribution in [1.82, 2.24) is 14.9 Å². The Morgan fingerprint density at radius 2 is 2.24 bits per heavy atom. The van der Waals surface area contributed by atoms with Crippen LogP contribution in [0.5, 0.6) is 0 Å². The molecule has 2 heterocycles. The highest BCUT2D eigenvalue weighted by atomic mass is 32.1. The van der Waals surface area contributed by atoms with Crippen molar-refractivity contribution < 1.29 is 4.74 Å². The minimum absolute atomic E-state index is 0.0660. The Morgan fingerprint density at radius 3 is 3.05 bits per heavy atom. The van der Waals surface area contributed by atoms with Gasteiger partial charge in [0.2, 0.25) is 0 Å². The summed E-state index contributed by atoms with van der Waals surface area (Å²) in [4.78, 5) is 16.6. The van der Waals surface area contributed by atoms with Gasteiger partial charge in [0.15, 0.2) is 0 Å². The van der Waals surface area contributed by atoms with Gasteiger partial charge in [-0.15, -0.1) is 11.3 Å². The number of rotatable bonds is 9. The summed E-state index contributed by atoms with van der Waals surface area (Å²) in [7, 11) is 0. The van der Waals surface area contributed by atoms with Crippen LogP contribution in [0, 0.1) is 6.92 Å². The summed E-state index contributed by atoms with van der Waals surface area (Å²) in [6, 6.07) is 0. The van der Waals surface area contributed by atoms with E-state index in [0.717, 1.165) is 54.9 Å². The zero-order valence-corrected chi connectivity index (χ0v) is 13.5. The van der Waals surface area contributed by atoms with Crippen LogP contribution >= 0.6 is 11.3 Å². The second kappa shape index (κ2) is 8.26. The van der Waals surface area contributed by atoms with E-state index in [1.54, 1.807) is 10.9 Å². The molecule has 21 heavy (non-hydrogen) atoms. The Hall–Kier alpha value is -1.24. The molecule has 0 fully saturated rings. The van der Waals surface area contributed by atoms with Crippen LogP contribution in [0.1, 0.15) is 25.3 Å². The Morgan fingerprint density at radius 1 is 1.38 bits per heavy atom. The minimum atomic E-state index is 0.0660. The van der Waals surface area contributed by atoms with Gasteiger partial charge in [0.05, 0.1) is 11.8 Å². The normalized spacial score (nSPS) is 11.3. The Balaban J connectivity index is 1.76. The third-order valence-corrected chi connectivity index (χ3v) is 4.42. The van der Waals surface area contributed by atoms with Crippen molar-refractivity contribution in [3.05, 3.63) is 27.6 Å². The van der Waals surface area contributed by atoms with Crippen molar-refractivity contribution in [2.45, 2.75) is 33.2 Å². The van der Waals surface area contributed by atoms with Crippen molar-refractivity contribution in [2.24, 2.45) is 0 Å². The first-order chi connectivity index (χ1) is 10.2. The molecule has 0 atom stereocenters. The molecule has 0 saturated carbocycles. The highest BCUT2D eigenvalue weighted by molar-refractivity contribution is 7.17. The van der Waals surface area contributed by atoms with Gasteiger partial charge >= 0.3 is 0 Å². The second-order valence-electron chi connectivity index (χ2n) is 4.99. The van der Waals surface area contributed by atoms with Crippen molar-refractivity contribution in [3.63, 3.8) is 0 Å². The monoisotopic (exact) mass is 309 g/mol. The fourth-order valence-electron chi connectivity index (χ4n) is 2.14. The highest BCUT2D eigenvalue weighted by Crippen LogP contribution is 2.19. The molecule has 2 aromatic rings. The number of hydrogen-bond donors (Lipinski definition) is 1. The minimum Gasteiger partial charge on any atom is -0.382 e. The van der Waals surface area contributed by atoms with Crippen LogP contribution in [-0.2, 0) is 11.3 Å². The lowest BCUT2D eigenvalue weighted by Gasteiger charge is -2.07. The van der Waals surface area contributed by atoms with Gasteiger partial charge in [-0.2, -0.15) is 0 Å². The maximum absolute atomic E-state index is 12.3. The largest absolute Gasteiger partial charge is 0.382 e. The van der Waals surface area contributed by atoms with Gasteiger partial charge in [-0.1, -0.05) is 0 Å². The van der Waals surface area contributed by atoms with Crippen molar-refractivity contribution in [3.8, 4) is 0 Å². The quantitative estimate of drug-likeness (QED) is 0.721. The Kier molecular flexibility index (Phi) is 6.35. The average molecular weight is 309 g/mol. The van der Waals surface area contributed by atoms with Gasteiger partial charge in [-0.25, -0.2) is 4.98 Å². The standard InChI is InChI=1S/C15H23N3O2S/c1-3-20-9-5-4-6-16-7-8-18-11-17-13-12(2)10-21-14(13)15(18)19/h10-11,16H,3-9H2,1-2H3. The maximum Gasteiger partial charge on any atom is 0.271 e. The number of hydrogen-bond acceptors (Lipinski definition) is 5. The molecule has 5 nitrogen and oxygen atoms in total. The van der Waals surface area contributed by atoms with E-state index in [0.29, 0.717) is 6.54 Å². The first-order valence-corrected chi connectivity index (χ1v) is 8.33. The number of ether oxygens (including phenoxy) is 1. The molecular weight excluding hydrogens is 286 g/mol.